The van der Waals surface area contributed by atoms with Crippen molar-refractivity contribution >= 4 is 56.9 Å². The lowest BCUT2D eigenvalue weighted by molar-refractivity contribution is 1.20. The molecule has 0 fully saturated rings. The third kappa shape index (κ3) is 2.26. The normalized spacial score (nSPS) is 13.1. The van der Waals surface area contributed by atoms with Crippen LogP contribution in [0.3, 0.4) is 0 Å². The number of halogens is 2. The van der Waals surface area contributed by atoms with E-state index in [0.717, 1.165) is 0 Å². The maximum absolute atomic E-state index is 6.30. The molecule has 0 nitrogen and oxygen atoms in total. The fraction of sp³-hybridized carbons (Fsp3) is 0.111. The number of thiophene rings is 2. The molecule has 0 radical (unpaired) electrons. The first-order valence-corrected chi connectivity index (χ1v) is 6.96. The van der Waals surface area contributed by atoms with E-state index in [1.54, 1.807) is 22.7 Å². The zero-order valence-electron chi connectivity index (χ0n) is 6.54. The monoisotopic (exact) mass is 340 g/mol. The maximum Gasteiger partial charge on any atom is 0.0936 e. The highest BCUT2D eigenvalue weighted by Gasteiger charge is 2.12. The first-order chi connectivity index (χ1) is 6.27. The summed E-state index contributed by atoms with van der Waals surface area (Å²) in [4.78, 5) is 1.22. The molecule has 2 heterocycles. The summed E-state index contributed by atoms with van der Waals surface area (Å²) >= 11 is 12.1. The molecule has 1 atom stereocenters. The van der Waals surface area contributed by atoms with Gasteiger partial charge in [0.05, 0.1) is 8.26 Å². The highest BCUT2D eigenvalue weighted by molar-refractivity contribution is 14.1. The second kappa shape index (κ2) is 4.29. The van der Waals surface area contributed by atoms with Gasteiger partial charge in [-0.2, -0.15) is 0 Å². The second-order valence-corrected chi connectivity index (χ2v) is 6.78. The lowest BCUT2D eigenvalue weighted by Crippen LogP contribution is -1.85. The number of hydrogen-bond donors (Lipinski definition) is 0. The molecule has 0 aliphatic rings. The minimum absolute atomic E-state index is 0.0276. The van der Waals surface area contributed by atoms with Gasteiger partial charge in [0, 0.05) is 4.88 Å². The van der Waals surface area contributed by atoms with Crippen molar-refractivity contribution in [1.29, 1.82) is 0 Å². The summed E-state index contributed by atoms with van der Waals surface area (Å²) in [6.45, 7) is 0. The Morgan fingerprint density at radius 3 is 2.77 bits per heavy atom. The summed E-state index contributed by atoms with van der Waals surface area (Å²) in [5.41, 5.74) is 1.21. The highest BCUT2D eigenvalue weighted by Crippen LogP contribution is 2.34. The molecule has 0 aliphatic carbocycles. The Morgan fingerprint density at radius 1 is 1.38 bits per heavy atom. The van der Waals surface area contributed by atoms with Gasteiger partial charge >= 0.3 is 0 Å². The molecule has 2 rings (SSSR count). The minimum Gasteiger partial charge on any atom is -0.147 e. The Bertz CT molecular complexity index is 380. The van der Waals surface area contributed by atoms with Gasteiger partial charge in [-0.1, -0.05) is 6.07 Å². The van der Waals surface area contributed by atoms with Crippen molar-refractivity contribution in [3.63, 3.8) is 0 Å². The van der Waals surface area contributed by atoms with Crippen LogP contribution in [-0.2, 0) is 0 Å². The van der Waals surface area contributed by atoms with Crippen molar-refractivity contribution in [2.45, 2.75) is 5.38 Å². The zero-order chi connectivity index (χ0) is 9.26. The van der Waals surface area contributed by atoms with Crippen LogP contribution >= 0.6 is 56.9 Å². The summed E-state index contributed by atoms with van der Waals surface area (Å²) in [7, 11) is 0. The molecule has 0 aromatic carbocycles. The van der Waals surface area contributed by atoms with Gasteiger partial charge < -0.3 is 0 Å². The molecule has 13 heavy (non-hydrogen) atoms. The Morgan fingerprint density at radius 2 is 2.23 bits per heavy atom. The number of rotatable bonds is 2. The summed E-state index contributed by atoms with van der Waals surface area (Å²) in [5.74, 6) is 0. The molecule has 2 aromatic heterocycles. The van der Waals surface area contributed by atoms with Gasteiger partial charge in [-0.15, -0.1) is 34.3 Å². The topological polar surface area (TPSA) is 0 Å². The molecule has 68 valence electrons. The molecule has 0 aliphatic heterocycles. The van der Waals surface area contributed by atoms with Crippen LogP contribution in [0, 0.1) is 2.88 Å². The van der Waals surface area contributed by atoms with Crippen LogP contribution in [0.25, 0.3) is 0 Å². The van der Waals surface area contributed by atoms with Gasteiger partial charge in [0.1, 0.15) is 0 Å². The van der Waals surface area contributed by atoms with Crippen LogP contribution < -0.4 is 0 Å². The molecule has 4 heteroatoms. The predicted octanol–water partition coefficient (Wildman–Crippen LogP) is 4.74. The van der Waals surface area contributed by atoms with Crippen LogP contribution in [0.4, 0.5) is 0 Å². The Balaban J connectivity index is 2.28. The van der Waals surface area contributed by atoms with E-state index in [1.165, 1.54) is 13.3 Å². The van der Waals surface area contributed by atoms with Crippen LogP contribution in [0.15, 0.2) is 29.0 Å². The minimum atomic E-state index is 0.0276. The van der Waals surface area contributed by atoms with Gasteiger partial charge in [0.15, 0.2) is 0 Å². The van der Waals surface area contributed by atoms with Crippen LogP contribution in [-0.4, -0.2) is 0 Å². The predicted molar refractivity (Wildman–Crippen MR) is 69.1 cm³/mol. The van der Waals surface area contributed by atoms with Gasteiger partial charge in [0.2, 0.25) is 0 Å². The van der Waals surface area contributed by atoms with Crippen LogP contribution in [0.2, 0.25) is 0 Å². The van der Waals surface area contributed by atoms with E-state index in [1.807, 2.05) is 6.07 Å². The number of alkyl halides is 1. The van der Waals surface area contributed by atoms with Crippen LogP contribution in [0.5, 0.6) is 0 Å². The van der Waals surface area contributed by atoms with E-state index in [-0.39, 0.29) is 5.38 Å². The fourth-order valence-electron chi connectivity index (χ4n) is 1.06. The molecule has 0 N–H and O–H groups in total. The number of hydrogen-bond acceptors (Lipinski definition) is 2. The van der Waals surface area contributed by atoms with Crippen molar-refractivity contribution < 1.29 is 0 Å². The third-order valence-corrected chi connectivity index (χ3v) is 5.03. The molecule has 0 spiro atoms. The summed E-state index contributed by atoms with van der Waals surface area (Å²) in [5, 5.41) is 4.21. The van der Waals surface area contributed by atoms with Gasteiger partial charge in [-0.3, -0.25) is 0 Å². The van der Waals surface area contributed by atoms with Crippen molar-refractivity contribution in [1.82, 2.24) is 0 Å². The second-order valence-electron chi connectivity index (χ2n) is 2.56. The molecule has 0 bridgehead atoms. The van der Waals surface area contributed by atoms with Crippen molar-refractivity contribution in [3.05, 3.63) is 42.3 Å². The molecule has 0 saturated carbocycles. The van der Waals surface area contributed by atoms with E-state index in [9.17, 15) is 0 Å². The smallest absolute Gasteiger partial charge is 0.0936 e. The molecule has 0 saturated heterocycles. The SMILES string of the molecule is ClC(c1csc(I)c1)c1cccs1. The Hall–Kier alpha value is 0.420. The zero-order valence-corrected chi connectivity index (χ0v) is 11.1. The molecular weight excluding hydrogens is 335 g/mol. The van der Waals surface area contributed by atoms with Gasteiger partial charge in [-0.05, 0) is 51.0 Å². The summed E-state index contributed by atoms with van der Waals surface area (Å²) in [6.07, 6.45) is 0. The van der Waals surface area contributed by atoms with E-state index < -0.39 is 0 Å². The first-order valence-electron chi connectivity index (χ1n) is 3.69. The molecule has 0 amide bonds. The van der Waals surface area contributed by atoms with Gasteiger partial charge in [-0.25, -0.2) is 0 Å². The third-order valence-electron chi connectivity index (χ3n) is 1.67. The first kappa shape index (κ1) is 9.96. The van der Waals surface area contributed by atoms with Crippen LogP contribution in [0.1, 0.15) is 15.8 Å². The van der Waals surface area contributed by atoms with Gasteiger partial charge in [0.25, 0.3) is 0 Å². The summed E-state index contributed by atoms with van der Waals surface area (Å²) < 4.78 is 1.29. The van der Waals surface area contributed by atoms with Crippen molar-refractivity contribution in [2.24, 2.45) is 0 Å². The van der Waals surface area contributed by atoms with E-state index in [4.69, 9.17) is 11.6 Å². The average molecular weight is 341 g/mol. The molecular formula is C9H6ClIS2. The van der Waals surface area contributed by atoms with E-state index in [2.05, 4.69) is 45.5 Å². The van der Waals surface area contributed by atoms with Crippen molar-refractivity contribution in [3.8, 4) is 0 Å². The average Bonchev–Trinajstić information content (AvgIpc) is 2.72. The Kier molecular flexibility index (Phi) is 3.29. The quantitative estimate of drug-likeness (QED) is 0.547. The van der Waals surface area contributed by atoms with E-state index >= 15 is 0 Å². The fourth-order valence-corrected chi connectivity index (χ4v) is 3.61. The maximum atomic E-state index is 6.30. The largest absolute Gasteiger partial charge is 0.147 e. The standard InChI is InChI=1S/C9H6ClIS2/c10-9(7-2-1-3-12-7)6-4-8(11)13-5-6/h1-5,9H. The lowest BCUT2D eigenvalue weighted by atomic mass is 10.2. The van der Waals surface area contributed by atoms with Crippen molar-refractivity contribution in [2.75, 3.05) is 0 Å². The summed E-state index contributed by atoms with van der Waals surface area (Å²) in [6, 6.07) is 6.25. The molecule has 2 aromatic rings. The molecule has 1 unspecified atom stereocenters. The lowest BCUT2D eigenvalue weighted by Gasteiger charge is -2.02. The highest BCUT2D eigenvalue weighted by atomic mass is 127. The van der Waals surface area contributed by atoms with E-state index in [0.29, 0.717) is 0 Å². The Labute approximate surface area is 104 Å².